The van der Waals surface area contributed by atoms with Crippen LogP contribution in [0.25, 0.3) is 0 Å². The van der Waals surface area contributed by atoms with E-state index < -0.39 is 0 Å². The van der Waals surface area contributed by atoms with Crippen LogP contribution in [0.4, 0.5) is 0 Å². The number of benzene rings is 1. The van der Waals surface area contributed by atoms with Crippen LogP contribution in [-0.2, 0) is 13.2 Å². The fourth-order valence-electron chi connectivity index (χ4n) is 1.60. The minimum atomic E-state index is 0.266. The summed E-state index contributed by atoms with van der Waals surface area (Å²) < 4.78 is 7.39. The molecule has 7 heteroatoms. The molecule has 0 amide bonds. The van der Waals surface area contributed by atoms with Crippen LogP contribution in [0.5, 0.6) is 5.75 Å². The number of aromatic nitrogens is 3. The maximum Gasteiger partial charge on any atom is 0.164 e. The molecule has 0 aliphatic heterocycles. The molecule has 5 nitrogen and oxygen atoms in total. The quantitative estimate of drug-likeness (QED) is 0.857. The van der Waals surface area contributed by atoms with Gasteiger partial charge >= 0.3 is 0 Å². The lowest BCUT2D eigenvalue weighted by Crippen LogP contribution is -2.10. The van der Waals surface area contributed by atoms with Crippen molar-refractivity contribution in [3.63, 3.8) is 0 Å². The molecule has 2 aromatic rings. The molecule has 1 aromatic carbocycles. The van der Waals surface area contributed by atoms with Gasteiger partial charge in [0.05, 0.1) is 5.02 Å². The first kappa shape index (κ1) is 13.8. The Labute approximate surface area is 121 Å². The van der Waals surface area contributed by atoms with Gasteiger partial charge in [0.25, 0.3) is 0 Å². The molecular weight excluding hydrogens is 284 g/mol. The van der Waals surface area contributed by atoms with Crippen LogP contribution in [0.1, 0.15) is 18.3 Å². The van der Waals surface area contributed by atoms with Crippen LogP contribution in [0.2, 0.25) is 5.02 Å². The number of hydrogen-bond donors (Lipinski definition) is 1. The van der Waals surface area contributed by atoms with Gasteiger partial charge in [-0.25, -0.2) is 9.67 Å². The molecule has 1 aromatic heterocycles. The van der Waals surface area contributed by atoms with Gasteiger partial charge in [-0.15, -0.1) is 0 Å². The van der Waals surface area contributed by atoms with Gasteiger partial charge in [0, 0.05) is 12.1 Å². The summed E-state index contributed by atoms with van der Waals surface area (Å²) in [5.41, 5.74) is 6.18. The van der Waals surface area contributed by atoms with Gasteiger partial charge in [-0.05, 0) is 25.1 Å². The van der Waals surface area contributed by atoms with Crippen LogP contribution >= 0.6 is 23.8 Å². The summed E-state index contributed by atoms with van der Waals surface area (Å²) >= 11 is 10.9. The monoisotopic (exact) mass is 296 g/mol. The Hall–Kier alpha value is -1.66. The highest BCUT2D eigenvalue weighted by molar-refractivity contribution is 7.80. The SMILES string of the molecule is CCn1ncnc1COc1ccc(C(N)=S)c(Cl)c1. The molecule has 0 atom stereocenters. The second kappa shape index (κ2) is 5.99. The Morgan fingerprint density at radius 1 is 1.53 bits per heavy atom. The number of ether oxygens (including phenoxy) is 1. The average molecular weight is 297 g/mol. The summed E-state index contributed by atoms with van der Waals surface area (Å²) in [4.78, 5) is 4.39. The van der Waals surface area contributed by atoms with E-state index in [1.54, 1.807) is 22.9 Å². The van der Waals surface area contributed by atoms with Gasteiger partial charge in [0.2, 0.25) is 0 Å². The second-order valence-corrected chi connectivity index (χ2v) is 4.63. The molecule has 0 radical (unpaired) electrons. The normalized spacial score (nSPS) is 10.4. The zero-order valence-corrected chi connectivity index (χ0v) is 11.9. The first-order valence-electron chi connectivity index (χ1n) is 5.70. The fourth-order valence-corrected chi connectivity index (χ4v) is 2.10. The maximum atomic E-state index is 6.06. The topological polar surface area (TPSA) is 66.0 Å². The zero-order chi connectivity index (χ0) is 13.8. The van der Waals surface area contributed by atoms with E-state index >= 15 is 0 Å². The number of nitrogens with two attached hydrogens (primary N) is 1. The maximum absolute atomic E-state index is 6.06. The summed E-state index contributed by atoms with van der Waals surface area (Å²) in [6, 6.07) is 5.19. The van der Waals surface area contributed by atoms with Crippen molar-refractivity contribution in [1.29, 1.82) is 0 Å². The third kappa shape index (κ3) is 3.21. The highest BCUT2D eigenvalue weighted by atomic mass is 35.5. The van der Waals surface area contributed by atoms with Gasteiger partial charge in [0.1, 0.15) is 23.7 Å². The van der Waals surface area contributed by atoms with Crippen LogP contribution in [0, 0.1) is 0 Å². The van der Waals surface area contributed by atoms with Crippen LogP contribution in [-0.4, -0.2) is 19.8 Å². The summed E-state index contributed by atoms with van der Waals surface area (Å²) in [6.07, 6.45) is 1.51. The molecule has 0 unspecified atom stereocenters. The number of thiocarbonyl (C=S) groups is 1. The first-order valence-corrected chi connectivity index (χ1v) is 6.49. The van der Waals surface area contributed by atoms with E-state index in [4.69, 9.17) is 34.3 Å². The van der Waals surface area contributed by atoms with Crippen molar-refractivity contribution in [2.75, 3.05) is 0 Å². The van der Waals surface area contributed by atoms with E-state index in [0.717, 1.165) is 12.4 Å². The van der Waals surface area contributed by atoms with Crippen molar-refractivity contribution in [1.82, 2.24) is 14.8 Å². The number of aryl methyl sites for hydroxylation is 1. The number of rotatable bonds is 5. The summed E-state index contributed by atoms with van der Waals surface area (Å²) in [5.74, 6) is 1.40. The minimum Gasteiger partial charge on any atom is -0.486 e. The molecule has 19 heavy (non-hydrogen) atoms. The summed E-state index contributed by atoms with van der Waals surface area (Å²) in [6.45, 7) is 3.07. The molecule has 0 aliphatic carbocycles. The number of nitrogens with zero attached hydrogens (tertiary/aromatic N) is 3. The molecule has 0 saturated carbocycles. The minimum absolute atomic E-state index is 0.266. The van der Waals surface area contributed by atoms with E-state index in [1.807, 2.05) is 6.92 Å². The molecule has 0 bridgehead atoms. The zero-order valence-electron chi connectivity index (χ0n) is 10.3. The predicted octanol–water partition coefficient (Wildman–Crippen LogP) is 2.16. The third-order valence-electron chi connectivity index (χ3n) is 2.57. The molecule has 2 rings (SSSR count). The molecule has 0 spiro atoms. The second-order valence-electron chi connectivity index (χ2n) is 3.79. The van der Waals surface area contributed by atoms with Gasteiger partial charge in [-0.1, -0.05) is 23.8 Å². The van der Waals surface area contributed by atoms with Gasteiger partial charge in [-0.2, -0.15) is 5.10 Å². The fraction of sp³-hybridized carbons (Fsp3) is 0.250. The van der Waals surface area contributed by atoms with Gasteiger partial charge in [-0.3, -0.25) is 0 Å². The standard InChI is InChI=1S/C12H13ClN4OS/c1-2-17-11(15-7-16-17)6-18-8-3-4-9(12(14)19)10(13)5-8/h3-5,7H,2,6H2,1H3,(H2,14,19). The largest absolute Gasteiger partial charge is 0.486 e. The lowest BCUT2D eigenvalue weighted by Gasteiger charge is -2.08. The Morgan fingerprint density at radius 2 is 2.32 bits per heavy atom. The van der Waals surface area contributed by atoms with Gasteiger partial charge < -0.3 is 10.5 Å². The van der Waals surface area contributed by atoms with Gasteiger partial charge in [0.15, 0.2) is 5.82 Å². The van der Waals surface area contributed by atoms with Crippen LogP contribution < -0.4 is 10.5 Å². The van der Waals surface area contributed by atoms with Crippen molar-refractivity contribution in [2.24, 2.45) is 5.73 Å². The van der Waals surface area contributed by atoms with Crippen molar-refractivity contribution in [3.05, 3.63) is 40.9 Å². The Bertz CT molecular complexity index is 599. The van der Waals surface area contributed by atoms with E-state index in [0.29, 0.717) is 22.9 Å². The van der Waals surface area contributed by atoms with E-state index in [9.17, 15) is 0 Å². The van der Waals surface area contributed by atoms with Crippen molar-refractivity contribution in [2.45, 2.75) is 20.1 Å². The van der Waals surface area contributed by atoms with Crippen LogP contribution in [0.3, 0.4) is 0 Å². The summed E-state index contributed by atoms with van der Waals surface area (Å²) in [7, 11) is 0. The highest BCUT2D eigenvalue weighted by Crippen LogP contribution is 2.23. The average Bonchev–Trinajstić information content (AvgIpc) is 2.83. The third-order valence-corrected chi connectivity index (χ3v) is 3.10. The van der Waals surface area contributed by atoms with Crippen molar-refractivity contribution >= 4 is 28.8 Å². The van der Waals surface area contributed by atoms with E-state index in [1.165, 1.54) is 6.33 Å². The molecule has 0 saturated heterocycles. The lowest BCUT2D eigenvalue weighted by atomic mass is 10.2. The Morgan fingerprint density at radius 3 is 2.95 bits per heavy atom. The molecule has 0 fully saturated rings. The molecule has 100 valence electrons. The van der Waals surface area contributed by atoms with E-state index in [2.05, 4.69) is 10.1 Å². The first-order chi connectivity index (χ1) is 9.11. The number of hydrogen-bond acceptors (Lipinski definition) is 4. The molecule has 1 heterocycles. The summed E-state index contributed by atoms with van der Waals surface area (Å²) in [5, 5.41) is 4.54. The molecule has 0 aliphatic rings. The van der Waals surface area contributed by atoms with Crippen molar-refractivity contribution in [3.8, 4) is 5.75 Å². The van der Waals surface area contributed by atoms with E-state index in [-0.39, 0.29) is 4.99 Å². The molecular formula is C12H13ClN4OS. The predicted molar refractivity (Wildman–Crippen MR) is 77.4 cm³/mol. The highest BCUT2D eigenvalue weighted by Gasteiger charge is 2.07. The Balaban J connectivity index is 2.08. The lowest BCUT2D eigenvalue weighted by molar-refractivity contribution is 0.287. The Kier molecular flexibility index (Phi) is 4.34. The number of halogens is 1. The van der Waals surface area contributed by atoms with Crippen LogP contribution in [0.15, 0.2) is 24.5 Å². The molecule has 2 N–H and O–H groups in total. The smallest absolute Gasteiger partial charge is 0.164 e. The van der Waals surface area contributed by atoms with Crippen molar-refractivity contribution < 1.29 is 4.74 Å².